The van der Waals surface area contributed by atoms with E-state index in [0.29, 0.717) is 15.1 Å². The minimum atomic E-state index is 0.576. The van der Waals surface area contributed by atoms with Crippen LogP contribution >= 0.6 is 27.5 Å². The first kappa shape index (κ1) is 8.58. The number of hydrogen-bond acceptors (Lipinski definition) is 1. The van der Waals surface area contributed by atoms with Crippen molar-refractivity contribution in [2.75, 3.05) is 0 Å². The third-order valence-electron chi connectivity index (χ3n) is 1.41. The molecule has 0 aliphatic heterocycles. The van der Waals surface area contributed by atoms with Crippen LogP contribution in [0.5, 0.6) is 0 Å². The lowest BCUT2D eigenvalue weighted by Crippen LogP contribution is -1.83. The molecule has 1 aromatic rings. The van der Waals surface area contributed by atoms with Crippen molar-refractivity contribution in [1.82, 2.24) is 0 Å². The zero-order valence-electron chi connectivity index (χ0n) is 5.86. The van der Waals surface area contributed by atoms with Gasteiger partial charge in [-0.25, -0.2) is 0 Å². The molecule has 0 aliphatic rings. The van der Waals surface area contributed by atoms with Crippen LogP contribution in [0.25, 0.3) is 0 Å². The molecule has 1 nitrogen and oxygen atoms in total. The molecule has 1 rings (SSSR count). The zero-order chi connectivity index (χ0) is 8.43. The molecule has 0 atom stereocenters. The van der Waals surface area contributed by atoms with Gasteiger partial charge in [0, 0.05) is 0 Å². The Morgan fingerprint density at radius 1 is 1.55 bits per heavy atom. The summed E-state index contributed by atoms with van der Waals surface area (Å²) >= 11 is 9.00. The first-order valence-electron chi connectivity index (χ1n) is 3.01. The van der Waals surface area contributed by atoms with Gasteiger partial charge in [0.2, 0.25) is 0 Å². The number of hydrogen-bond donors (Lipinski definition) is 0. The van der Waals surface area contributed by atoms with Gasteiger partial charge in [-0.3, -0.25) is 0 Å². The third kappa shape index (κ3) is 1.55. The highest BCUT2D eigenvalue weighted by molar-refractivity contribution is 9.10. The largest absolute Gasteiger partial charge is 0.192 e. The summed E-state index contributed by atoms with van der Waals surface area (Å²) < 4.78 is 0.682. The van der Waals surface area contributed by atoms with E-state index in [9.17, 15) is 0 Å². The molecule has 0 fully saturated rings. The highest BCUT2D eigenvalue weighted by Gasteiger charge is 2.05. The van der Waals surface area contributed by atoms with Crippen LogP contribution in [-0.2, 0) is 0 Å². The van der Waals surface area contributed by atoms with Gasteiger partial charge in [-0.15, -0.1) is 0 Å². The molecule has 11 heavy (non-hydrogen) atoms. The Bertz CT molecular complexity index is 328. The van der Waals surface area contributed by atoms with E-state index in [1.54, 1.807) is 6.07 Å². The standard InChI is InChI=1S/C8H5BrClN/c1-5-2-3-7(10)8(9)6(5)4-11/h2-3H,1H3. The summed E-state index contributed by atoms with van der Waals surface area (Å²) in [6.45, 7) is 1.87. The first-order chi connectivity index (χ1) is 5.16. The lowest BCUT2D eigenvalue weighted by molar-refractivity contribution is 1.37. The molecular formula is C8H5BrClN. The summed E-state index contributed by atoms with van der Waals surface area (Å²) in [5.74, 6) is 0. The summed E-state index contributed by atoms with van der Waals surface area (Å²) in [5.41, 5.74) is 1.54. The predicted octanol–water partition coefficient (Wildman–Crippen LogP) is 3.28. The average molecular weight is 230 g/mol. The van der Waals surface area contributed by atoms with Crippen LogP contribution in [0, 0.1) is 18.3 Å². The van der Waals surface area contributed by atoms with Crippen molar-refractivity contribution in [3.8, 4) is 6.07 Å². The van der Waals surface area contributed by atoms with Crippen LogP contribution in [0.15, 0.2) is 16.6 Å². The van der Waals surface area contributed by atoms with Crippen LogP contribution in [0.3, 0.4) is 0 Å². The molecule has 0 saturated carbocycles. The topological polar surface area (TPSA) is 23.8 Å². The van der Waals surface area contributed by atoms with Gasteiger partial charge >= 0.3 is 0 Å². The van der Waals surface area contributed by atoms with Crippen LogP contribution in [-0.4, -0.2) is 0 Å². The van der Waals surface area contributed by atoms with E-state index >= 15 is 0 Å². The van der Waals surface area contributed by atoms with Crippen molar-refractivity contribution < 1.29 is 0 Å². The molecular weight excluding hydrogens is 225 g/mol. The molecule has 0 heterocycles. The lowest BCUT2D eigenvalue weighted by atomic mass is 10.1. The molecule has 0 saturated heterocycles. The molecule has 0 aliphatic carbocycles. The molecule has 0 amide bonds. The predicted molar refractivity (Wildman–Crippen MR) is 48.6 cm³/mol. The summed E-state index contributed by atoms with van der Waals surface area (Å²) in [7, 11) is 0. The maximum atomic E-state index is 8.69. The van der Waals surface area contributed by atoms with Gasteiger partial charge < -0.3 is 0 Å². The molecule has 3 heteroatoms. The van der Waals surface area contributed by atoms with Gasteiger partial charge in [-0.2, -0.15) is 5.26 Å². The fourth-order valence-electron chi connectivity index (χ4n) is 0.784. The van der Waals surface area contributed by atoms with Gasteiger partial charge in [0.15, 0.2) is 0 Å². The van der Waals surface area contributed by atoms with Crippen LogP contribution in [0.1, 0.15) is 11.1 Å². The van der Waals surface area contributed by atoms with Gasteiger partial charge in [0.25, 0.3) is 0 Å². The molecule has 0 N–H and O–H groups in total. The summed E-state index contributed by atoms with van der Waals surface area (Å²) in [6.07, 6.45) is 0. The second-order valence-electron chi connectivity index (χ2n) is 2.17. The Kier molecular flexibility index (Phi) is 2.53. The second-order valence-corrected chi connectivity index (χ2v) is 3.37. The maximum absolute atomic E-state index is 8.69. The molecule has 0 bridgehead atoms. The Morgan fingerprint density at radius 3 is 2.64 bits per heavy atom. The Morgan fingerprint density at radius 2 is 2.18 bits per heavy atom. The molecule has 0 spiro atoms. The van der Waals surface area contributed by atoms with Crippen molar-refractivity contribution >= 4 is 27.5 Å². The minimum Gasteiger partial charge on any atom is -0.192 e. The van der Waals surface area contributed by atoms with Gasteiger partial charge in [-0.1, -0.05) is 17.7 Å². The molecule has 56 valence electrons. The van der Waals surface area contributed by atoms with E-state index < -0.39 is 0 Å². The SMILES string of the molecule is Cc1ccc(Cl)c(Br)c1C#N. The fourth-order valence-corrected chi connectivity index (χ4v) is 1.48. The Balaban J connectivity index is 3.44. The van der Waals surface area contributed by atoms with Crippen molar-refractivity contribution in [1.29, 1.82) is 5.26 Å². The first-order valence-corrected chi connectivity index (χ1v) is 4.18. The summed E-state index contributed by atoms with van der Waals surface area (Å²) in [4.78, 5) is 0. The lowest BCUT2D eigenvalue weighted by Gasteiger charge is -2.00. The third-order valence-corrected chi connectivity index (χ3v) is 2.78. The number of nitrogens with zero attached hydrogens (tertiary/aromatic N) is 1. The van der Waals surface area contributed by atoms with E-state index in [2.05, 4.69) is 22.0 Å². The molecule has 0 radical (unpaired) electrons. The van der Waals surface area contributed by atoms with E-state index in [-0.39, 0.29) is 0 Å². The van der Waals surface area contributed by atoms with Crippen LogP contribution < -0.4 is 0 Å². The van der Waals surface area contributed by atoms with Crippen LogP contribution in [0.2, 0.25) is 5.02 Å². The van der Waals surface area contributed by atoms with Crippen molar-refractivity contribution in [2.24, 2.45) is 0 Å². The van der Waals surface area contributed by atoms with Crippen LogP contribution in [0.4, 0.5) is 0 Å². The smallest absolute Gasteiger partial charge is 0.101 e. The summed E-state index contributed by atoms with van der Waals surface area (Å²) in [5, 5.41) is 9.26. The average Bonchev–Trinajstić information content (AvgIpc) is 1.99. The second kappa shape index (κ2) is 3.25. The zero-order valence-corrected chi connectivity index (χ0v) is 8.20. The van der Waals surface area contributed by atoms with E-state index in [0.717, 1.165) is 5.56 Å². The van der Waals surface area contributed by atoms with Gasteiger partial charge in [0.1, 0.15) is 6.07 Å². The van der Waals surface area contributed by atoms with E-state index in [1.165, 1.54) is 0 Å². The monoisotopic (exact) mass is 229 g/mol. The van der Waals surface area contributed by atoms with E-state index in [4.69, 9.17) is 16.9 Å². The normalized spacial score (nSPS) is 9.27. The maximum Gasteiger partial charge on any atom is 0.101 e. The van der Waals surface area contributed by atoms with E-state index in [1.807, 2.05) is 13.0 Å². The van der Waals surface area contributed by atoms with Gasteiger partial charge in [0.05, 0.1) is 15.1 Å². The quantitative estimate of drug-likeness (QED) is 0.671. The van der Waals surface area contributed by atoms with Crippen molar-refractivity contribution in [2.45, 2.75) is 6.92 Å². The van der Waals surface area contributed by atoms with Crippen molar-refractivity contribution in [3.05, 3.63) is 32.8 Å². The number of halogens is 2. The fraction of sp³-hybridized carbons (Fsp3) is 0.125. The highest BCUT2D eigenvalue weighted by atomic mass is 79.9. The molecule has 1 aromatic carbocycles. The Labute approximate surface area is 78.7 Å². The highest BCUT2D eigenvalue weighted by Crippen LogP contribution is 2.27. The number of rotatable bonds is 0. The number of benzene rings is 1. The molecule has 0 unspecified atom stereocenters. The Hall–Kier alpha value is -0.520. The summed E-state index contributed by atoms with van der Waals surface area (Å²) in [6, 6.07) is 5.66. The van der Waals surface area contributed by atoms with Gasteiger partial charge in [-0.05, 0) is 34.5 Å². The van der Waals surface area contributed by atoms with Crippen molar-refractivity contribution in [3.63, 3.8) is 0 Å². The molecule has 0 aromatic heterocycles. The number of nitriles is 1. The number of aryl methyl sites for hydroxylation is 1. The minimum absolute atomic E-state index is 0.576.